The van der Waals surface area contributed by atoms with Crippen LogP contribution in [0, 0.1) is 0 Å². The van der Waals surface area contributed by atoms with Gasteiger partial charge in [-0.05, 0) is 26.0 Å². The Morgan fingerprint density at radius 1 is 1.06 bits per heavy atom. The lowest BCUT2D eigenvalue weighted by Gasteiger charge is -2.28. The smallest absolute Gasteiger partial charge is 0.431 e. The molecule has 7 heteroatoms. The van der Waals surface area contributed by atoms with E-state index in [9.17, 15) is 13.2 Å². The lowest BCUT2D eigenvalue weighted by molar-refractivity contribution is -0.474. The van der Waals surface area contributed by atoms with Gasteiger partial charge in [0.15, 0.2) is 0 Å². The van der Waals surface area contributed by atoms with E-state index in [2.05, 4.69) is 9.78 Å². The first-order valence-electron chi connectivity index (χ1n) is 5.12. The van der Waals surface area contributed by atoms with Crippen LogP contribution in [0.2, 0.25) is 0 Å². The molecule has 1 heterocycles. The Kier molecular flexibility index (Phi) is 3.00. The van der Waals surface area contributed by atoms with E-state index >= 15 is 0 Å². The Bertz CT molecular complexity index is 418. The van der Waals surface area contributed by atoms with Crippen molar-refractivity contribution in [2.75, 3.05) is 0 Å². The van der Waals surface area contributed by atoms with Gasteiger partial charge in [0, 0.05) is 0 Å². The molecule has 1 aliphatic heterocycles. The predicted molar refractivity (Wildman–Crippen MR) is 53.2 cm³/mol. The minimum atomic E-state index is -4.91. The Balaban J connectivity index is 2.28. The van der Waals surface area contributed by atoms with E-state index in [1.807, 2.05) is 0 Å². The first-order valence-corrected chi connectivity index (χ1v) is 5.12. The molecule has 0 saturated carbocycles. The molecule has 0 bridgehead atoms. The molecule has 1 aliphatic rings. The average Bonchev–Trinajstić information content (AvgIpc) is 2.56. The van der Waals surface area contributed by atoms with E-state index in [0.717, 1.165) is 0 Å². The van der Waals surface area contributed by atoms with Crippen LogP contribution in [0.1, 0.15) is 13.8 Å². The number of para-hydroxylation sites is 1. The molecular weight excluding hydrogens is 253 g/mol. The summed E-state index contributed by atoms with van der Waals surface area (Å²) in [7, 11) is 0. The summed E-state index contributed by atoms with van der Waals surface area (Å²) in [4.78, 5) is 8.74. The molecule has 0 N–H and O–H groups in total. The predicted octanol–water partition coefficient (Wildman–Crippen LogP) is 3.00. The second-order valence-corrected chi connectivity index (χ2v) is 4.14. The topological polar surface area (TPSA) is 36.9 Å². The van der Waals surface area contributed by atoms with Crippen molar-refractivity contribution >= 4 is 0 Å². The molecule has 0 aliphatic carbocycles. The van der Waals surface area contributed by atoms with Crippen molar-refractivity contribution in [2.45, 2.75) is 31.8 Å². The lowest BCUT2D eigenvalue weighted by Crippen LogP contribution is -2.52. The third-order valence-electron chi connectivity index (χ3n) is 2.07. The first-order chi connectivity index (χ1) is 8.24. The van der Waals surface area contributed by atoms with Crippen molar-refractivity contribution < 1.29 is 32.4 Å². The molecule has 0 spiro atoms. The van der Waals surface area contributed by atoms with Gasteiger partial charge in [-0.15, -0.1) is 4.89 Å². The molecular formula is C11H11F3O4. The second kappa shape index (κ2) is 4.11. The number of hydrogen-bond acceptors (Lipinski definition) is 4. The lowest BCUT2D eigenvalue weighted by atomic mass is 10.3. The number of ether oxygens (including phenoxy) is 2. The van der Waals surface area contributed by atoms with Gasteiger partial charge in [-0.1, -0.05) is 18.2 Å². The molecule has 0 aromatic heterocycles. The monoisotopic (exact) mass is 264 g/mol. The molecule has 4 nitrogen and oxygen atoms in total. The minimum absolute atomic E-state index is 0.0453. The zero-order chi connectivity index (χ0) is 13.4. The van der Waals surface area contributed by atoms with Gasteiger partial charge < -0.3 is 4.74 Å². The Labute approximate surface area is 101 Å². The minimum Gasteiger partial charge on any atom is -0.431 e. The molecule has 1 aromatic carbocycles. The summed E-state index contributed by atoms with van der Waals surface area (Å²) in [5.74, 6) is -4.85. The van der Waals surface area contributed by atoms with Crippen molar-refractivity contribution in [3.63, 3.8) is 0 Å². The van der Waals surface area contributed by atoms with Gasteiger partial charge >= 0.3 is 12.1 Å². The molecule has 100 valence electrons. The maximum absolute atomic E-state index is 13.0. The fraction of sp³-hybridized carbons (Fsp3) is 0.455. The van der Waals surface area contributed by atoms with Crippen molar-refractivity contribution in [2.24, 2.45) is 0 Å². The van der Waals surface area contributed by atoms with Crippen LogP contribution < -0.4 is 4.74 Å². The van der Waals surface area contributed by atoms with Gasteiger partial charge in [-0.3, -0.25) is 4.74 Å². The van der Waals surface area contributed by atoms with Crippen molar-refractivity contribution in [1.82, 2.24) is 0 Å². The van der Waals surface area contributed by atoms with E-state index < -0.39 is 17.9 Å². The molecule has 0 radical (unpaired) electrons. The maximum Gasteiger partial charge on any atom is 0.489 e. The zero-order valence-electron chi connectivity index (χ0n) is 9.65. The summed E-state index contributed by atoms with van der Waals surface area (Å²) in [6, 6.07) is 7.40. The third kappa shape index (κ3) is 2.43. The molecule has 1 unspecified atom stereocenters. The van der Waals surface area contributed by atoms with Crippen LogP contribution in [0.3, 0.4) is 0 Å². The van der Waals surface area contributed by atoms with Crippen LogP contribution in [-0.4, -0.2) is 17.9 Å². The van der Waals surface area contributed by atoms with Gasteiger partial charge in [0.1, 0.15) is 5.75 Å². The standard InChI is InChI=1S/C11H11F3O4/c1-9(2)16-11(18-17-9,10(12,13)14)15-8-6-4-3-5-7-8/h3-7H,1-2H3. The third-order valence-corrected chi connectivity index (χ3v) is 2.07. The van der Waals surface area contributed by atoms with Crippen LogP contribution in [0.15, 0.2) is 30.3 Å². The first kappa shape index (κ1) is 13.1. The fourth-order valence-corrected chi connectivity index (χ4v) is 1.36. The summed E-state index contributed by atoms with van der Waals surface area (Å²) >= 11 is 0. The van der Waals surface area contributed by atoms with Crippen molar-refractivity contribution in [1.29, 1.82) is 0 Å². The number of alkyl halides is 3. The number of halogens is 3. The van der Waals surface area contributed by atoms with Crippen molar-refractivity contribution in [3.05, 3.63) is 30.3 Å². The molecule has 2 rings (SSSR count). The number of hydrogen-bond donors (Lipinski definition) is 0. The Hall–Kier alpha value is -1.31. The summed E-state index contributed by atoms with van der Waals surface area (Å²) in [6.45, 7) is 2.57. The molecule has 1 fully saturated rings. The Morgan fingerprint density at radius 3 is 2.11 bits per heavy atom. The van der Waals surface area contributed by atoms with Gasteiger partial charge in [0.25, 0.3) is 0 Å². The summed E-state index contributed by atoms with van der Waals surface area (Å²) in [5, 5.41) is 0. The van der Waals surface area contributed by atoms with Gasteiger partial charge in [-0.25, -0.2) is 0 Å². The molecule has 1 aromatic rings. The SMILES string of the molecule is CC1(C)OOC(Oc2ccccc2)(C(F)(F)F)O1. The van der Waals surface area contributed by atoms with E-state index in [4.69, 9.17) is 9.47 Å². The Morgan fingerprint density at radius 2 is 1.67 bits per heavy atom. The molecule has 0 amide bonds. The van der Waals surface area contributed by atoms with Crippen LogP contribution in [0.4, 0.5) is 13.2 Å². The second-order valence-electron chi connectivity index (χ2n) is 4.14. The number of benzene rings is 1. The van der Waals surface area contributed by atoms with Crippen LogP contribution in [0.5, 0.6) is 5.75 Å². The molecule has 18 heavy (non-hydrogen) atoms. The van der Waals surface area contributed by atoms with Crippen LogP contribution >= 0.6 is 0 Å². The van der Waals surface area contributed by atoms with Gasteiger partial charge in [0.05, 0.1) is 0 Å². The quantitative estimate of drug-likeness (QED) is 0.769. The van der Waals surface area contributed by atoms with Gasteiger partial charge in [0.2, 0.25) is 5.79 Å². The highest BCUT2D eigenvalue weighted by molar-refractivity contribution is 5.21. The molecule has 1 saturated heterocycles. The number of rotatable bonds is 2. The van der Waals surface area contributed by atoms with E-state index in [1.54, 1.807) is 6.07 Å². The normalized spacial score (nSPS) is 27.2. The fourth-order valence-electron chi connectivity index (χ4n) is 1.36. The van der Waals surface area contributed by atoms with Crippen LogP contribution in [0.25, 0.3) is 0 Å². The van der Waals surface area contributed by atoms with E-state index in [-0.39, 0.29) is 5.75 Å². The highest BCUT2D eigenvalue weighted by Gasteiger charge is 2.69. The zero-order valence-corrected chi connectivity index (χ0v) is 9.65. The molecule has 1 atom stereocenters. The summed E-state index contributed by atoms with van der Waals surface area (Å²) in [5.41, 5.74) is 0. The largest absolute Gasteiger partial charge is 0.489 e. The van der Waals surface area contributed by atoms with Crippen molar-refractivity contribution in [3.8, 4) is 5.75 Å². The highest BCUT2D eigenvalue weighted by atomic mass is 19.4. The van der Waals surface area contributed by atoms with E-state index in [0.29, 0.717) is 0 Å². The van der Waals surface area contributed by atoms with Gasteiger partial charge in [-0.2, -0.15) is 18.1 Å². The summed E-state index contributed by atoms with van der Waals surface area (Å²) < 4.78 is 48.5. The average molecular weight is 264 g/mol. The van der Waals surface area contributed by atoms with E-state index in [1.165, 1.54) is 38.1 Å². The summed E-state index contributed by atoms with van der Waals surface area (Å²) in [6.07, 6.45) is -4.91. The maximum atomic E-state index is 13.0. The highest BCUT2D eigenvalue weighted by Crippen LogP contribution is 2.44. The van der Waals surface area contributed by atoms with Crippen LogP contribution in [-0.2, 0) is 14.5 Å².